The van der Waals surface area contributed by atoms with Gasteiger partial charge in [-0.05, 0) is 35.9 Å². The number of nitrogens with one attached hydrogen (secondary N) is 1. The lowest BCUT2D eigenvalue weighted by Crippen LogP contribution is -2.04. The first-order chi connectivity index (χ1) is 11.7. The predicted molar refractivity (Wildman–Crippen MR) is 96.0 cm³/mol. The van der Waals surface area contributed by atoms with Gasteiger partial charge in [0.05, 0.1) is 10.7 Å². The second-order valence-electron chi connectivity index (χ2n) is 5.36. The number of hydrogen-bond donors (Lipinski definition) is 1. The molecule has 0 unspecified atom stereocenters. The highest BCUT2D eigenvalue weighted by atomic mass is 35.5. The first-order valence-electron chi connectivity index (χ1n) is 7.66. The van der Waals surface area contributed by atoms with E-state index < -0.39 is 0 Å². The van der Waals surface area contributed by atoms with E-state index in [0.717, 1.165) is 22.6 Å². The zero-order valence-electron chi connectivity index (χ0n) is 13.0. The smallest absolute Gasteiger partial charge is 0.124 e. The number of benzene rings is 3. The molecule has 0 spiro atoms. The van der Waals surface area contributed by atoms with E-state index in [1.165, 1.54) is 12.1 Å². The standard InChI is InChI=1S/C20H17ClFNO/c21-18-9-2-3-10-19(18)23-13-16-7-1-4-11-20(16)24-14-15-6-5-8-17(22)12-15/h1-12,23H,13-14H2. The highest BCUT2D eigenvalue weighted by Gasteiger charge is 2.05. The van der Waals surface area contributed by atoms with Crippen LogP contribution in [0.4, 0.5) is 10.1 Å². The molecule has 0 fully saturated rings. The third-order valence-electron chi connectivity index (χ3n) is 3.60. The van der Waals surface area contributed by atoms with Gasteiger partial charge >= 0.3 is 0 Å². The second-order valence-corrected chi connectivity index (χ2v) is 5.77. The molecule has 1 N–H and O–H groups in total. The summed E-state index contributed by atoms with van der Waals surface area (Å²) in [5.41, 5.74) is 2.68. The van der Waals surface area contributed by atoms with Crippen molar-refractivity contribution in [3.63, 3.8) is 0 Å². The molecule has 0 amide bonds. The van der Waals surface area contributed by atoms with Crippen LogP contribution in [0.25, 0.3) is 0 Å². The molecule has 0 saturated heterocycles. The van der Waals surface area contributed by atoms with Crippen LogP contribution in [0.15, 0.2) is 72.8 Å². The predicted octanol–water partition coefficient (Wildman–Crippen LogP) is 5.67. The Hall–Kier alpha value is -2.52. The molecule has 0 saturated carbocycles. The maximum Gasteiger partial charge on any atom is 0.124 e. The van der Waals surface area contributed by atoms with Crippen LogP contribution in [0.3, 0.4) is 0 Å². The van der Waals surface area contributed by atoms with Crippen molar-refractivity contribution in [1.29, 1.82) is 0 Å². The molecule has 122 valence electrons. The fraction of sp³-hybridized carbons (Fsp3) is 0.100. The average molecular weight is 342 g/mol. The normalized spacial score (nSPS) is 10.4. The Balaban J connectivity index is 1.68. The van der Waals surface area contributed by atoms with E-state index in [-0.39, 0.29) is 5.82 Å². The number of rotatable bonds is 6. The van der Waals surface area contributed by atoms with Crippen LogP contribution >= 0.6 is 11.6 Å². The van der Waals surface area contributed by atoms with Gasteiger partial charge < -0.3 is 10.1 Å². The summed E-state index contributed by atoms with van der Waals surface area (Å²) in [7, 11) is 0. The van der Waals surface area contributed by atoms with E-state index in [2.05, 4.69) is 5.32 Å². The van der Waals surface area contributed by atoms with Crippen LogP contribution < -0.4 is 10.1 Å². The summed E-state index contributed by atoms with van der Waals surface area (Å²) in [5.74, 6) is 0.506. The Morgan fingerprint density at radius 2 is 1.71 bits per heavy atom. The largest absolute Gasteiger partial charge is 0.489 e. The van der Waals surface area contributed by atoms with Crippen molar-refractivity contribution in [3.05, 3.63) is 94.8 Å². The van der Waals surface area contributed by atoms with Crippen molar-refractivity contribution >= 4 is 17.3 Å². The Morgan fingerprint density at radius 1 is 0.917 bits per heavy atom. The molecule has 0 atom stereocenters. The van der Waals surface area contributed by atoms with E-state index in [1.807, 2.05) is 54.6 Å². The molecule has 0 aliphatic rings. The lowest BCUT2D eigenvalue weighted by molar-refractivity contribution is 0.302. The first kappa shape index (κ1) is 16.3. The summed E-state index contributed by atoms with van der Waals surface area (Å²) in [4.78, 5) is 0. The quantitative estimate of drug-likeness (QED) is 0.623. The van der Waals surface area contributed by atoms with E-state index in [9.17, 15) is 4.39 Å². The molecule has 0 heterocycles. The topological polar surface area (TPSA) is 21.3 Å². The second kappa shape index (κ2) is 7.84. The Kier molecular flexibility index (Phi) is 5.34. The summed E-state index contributed by atoms with van der Waals surface area (Å²) >= 11 is 6.16. The zero-order chi connectivity index (χ0) is 16.8. The molecule has 3 aromatic rings. The Morgan fingerprint density at radius 3 is 2.54 bits per heavy atom. The van der Waals surface area contributed by atoms with Crippen molar-refractivity contribution in [1.82, 2.24) is 0 Å². The molecule has 0 bridgehead atoms. The molecular formula is C20H17ClFNO. The van der Waals surface area contributed by atoms with Crippen LogP contribution in [0.1, 0.15) is 11.1 Å². The fourth-order valence-corrected chi connectivity index (χ4v) is 2.58. The third-order valence-corrected chi connectivity index (χ3v) is 3.93. The molecular weight excluding hydrogens is 325 g/mol. The van der Waals surface area contributed by atoms with Gasteiger partial charge in [-0.1, -0.05) is 54.1 Å². The number of halogens is 2. The summed E-state index contributed by atoms with van der Waals surface area (Å²) in [6, 6.07) is 21.8. The van der Waals surface area contributed by atoms with Crippen molar-refractivity contribution in [3.8, 4) is 5.75 Å². The zero-order valence-corrected chi connectivity index (χ0v) is 13.8. The van der Waals surface area contributed by atoms with E-state index in [1.54, 1.807) is 6.07 Å². The molecule has 3 rings (SSSR count). The van der Waals surface area contributed by atoms with Gasteiger partial charge in [0.15, 0.2) is 0 Å². The molecule has 2 nitrogen and oxygen atoms in total. The van der Waals surface area contributed by atoms with Crippen molar-refractivity contribution in [2.24, 2.45) is 0 Å². The Labute approximate surface area is 145 Å². The van der Waals surface area contributed by atoms with Gasteiger partial charge in [0, 0.05) is 12.1 Å². The maximum absolute atomic E-state index is 13.2. The first-order valence-corrected chi connectivity index (χ1v) is 8.04. The highest BCUT2D eigenvalue weighted by molar-refractivity contribution is 6.33. The summed E-state index contributed by atoms with van der Waals surface area (Å²) in [5, 5.41) is 3.98. The van der Waals surface area contributed by atoms with Gasteiger partial charge in [-0.15, -0.1) is 0 Å². The van der Waals surface area contributed by atoms with Crippen molar-refractivity contribution in [2.45, 2.75) is 13.2 Å². The third kappa shape index (κ3) is 4.27. The minimum absolute atomic E-state index is 0.259. The number of hydrogen-bond acceptors (Lipinski definition) is 2. The van der Waals surface area contributed by atoms with Crippen LogP contribution in [-0.4, -0.2) is 0 Å². The van der Waals surface area contributed by atoms with Crippen LogP contribution in [0.5, 0.6) is 5.75 Å². The van der Waals surface area contributed by atoms with Crippen LogP contribution in [0, 0.1) is 5.82 Å². The molecule has 0 aromatic heterocycles. The number of ether oxygens (including phenoxy) is 1. The van der Waals surface area contributed by atoms with Crippen LogP contribution in [0.2, 0.25) is 5.02 Å². The summed E-state index contributed by atoms with van der Waals surface area (Å²) < 4.78 is 19.1. The minimum atomic E-state index is -0.259. The molecule has 0 aliphatic heterocycles. The summed E-state index contributed by atoms with van der Waals surface area (Å²) in [6.45, 7) is 0.907. The SMILES string of the molecule is Fc1cccc(COc2ccccc2CNc2ccccc2Cl)c1. The molecule has 0 aliphatic carbocycles. The van der Waals surface area contributed by atoms with Crippen molar-refractivity contribution in [2.75, 3.05) is 5.32 Å². The summed E-state index contributed by atoms with van der Waals surface area (Å²) in [6.07, 6.45) is 0. The number of anilines is 1. The average Bonchev–Trinajstić information content (AvgIpc) is 2.60. The molecule has 24 heavy (non-hydrogen) atoms. The maximum atomic E-state index is 13.2. The monoisotopic (exact) mass is 341 g/mol. The van der Waals surface area contributed by atoms with Gasteiger partial charge in [0.2, 0.25) is 0 Å². The van der Waals surface area contributed by atoms with Crippen LogP contribution in [-0.2, 0) is 13.2 Å². The highest BCUT2D eigenvalue weighted by Crippen LogP contribution is 2.24. The lowest BCUT2D eigenvalue weighted by Gasteiger charge is -2.13. The van der Waals surface area contributed by atoms with E-state index in [4.69, 9.17) is 16.3 Å². The van der Waals surface area contributed by atoms with Gasteiger partial charge in [-0.2, -0.15) is 0 Å². The van der Waals surface area contributed by atoms with E-state index >= 15 is 0 Å². The van der Waals surface area contributed by atoms with E-state index in [0.29, 0.717) is 18.2 Å². The number of para-hydroxylation sites is 2. The van der Waals surface area contributed by atoms with Gasteiger partial charge in [-0.25, -0.2) is 4.39 Å². The molecule has 4 heteroatoms. The minimum Gasteiger partial charge on any atom is -0.489 e. The molecule has 3 aromatic carbocycles. The fourth-order valence-electron chi connectivity index (χ4n) is 2.37. The van der Waals surface area contributed by atoms with Gasteiger partial charge in [-0.3, -0.25) is 0 Å². The van der Waals surface area contributed by atoms with Gasteiger partial charge in [0.1, 0.15) is 18.2 Å². The van der Waals surface area contributed by atoms with Gasteiger partial charge in [0.25, 0.3) is 0 Å². The lowest BCUT2D eigenvalue weighted by atomic mass is 10.2. The molecule has 0 radical (unpaired) electrons. The Bertz CT molecular complexity index is 822. The van der Waals surface area contributed by atoms with Crippen molar-refractivity contribution < 1.29 is 9.13 Å².